The molecule has 1 N–H and O–H groups in total. The highest BCUT2D eigenvalue weighted by Crippen LogP contribution is 2.36. The lowest BCUT2D eigenvalue weighted by Crippen LogP contribution is -2.45. The van der Waals surface area contributed by atoms with Gasteiger partial charge in [0.1, 0.15) is 11.9 Å². The van der Waals surface area contributed by atoms with Gasteiger partial charge >= 0.3 is 6.09 Å². The number of amides is 2. The van der Waals surface area contributed by atoms with Crippen molar-refractivity contribution in [3.63, 3.8) is 0 Å². The Hall–Kier alpha value is -2.39. The molecule has 1 spiro atoms. The summed E-state index contributed by atoms with van der Waals surface area (Å²) in [6.45, 7) is 5.74. The van der Waals surface area contributed by atoms with E-state index in [4.69, 9.17) is 14.2 Å². The zero-order valence-electron chi connectivity index (χ0n) is 16.7. The molecular weight excluding hydrogens is 381 g/mol. The third kappa shape index (κ3) is 4.16. The Balaban J connectivity index is 1.40. The molecule has 3 aliphatic rings. The van der Waals surface area contributed by atoms with Crippen molar-refractivity contribution in [1.29, 1.82) is 0 Å². The first-order valence-electron chi connectivity index (χ1n) is 9.94. The molecular formula is C20H26FN3O5. The number of halogens is 1. The van der Waals surface area contributed by atoms with Gasteiger partial charge in [-0.15, -0.1) is 0 Å². The molecule has 2 atom stereocenters. The minimum Gasteiger partial charge on any atom is -0.442 e. The number of ether oxygens (including phenoxy) is 3. The molecule has 0 aromatic heterocycles. The molecule has 1 aromatic carbocycles. The van der Waals surface area contributed by atoms with E-state index >= 15 is 0 Å². The molecule has 2 amide bonds. The van der Waals surface area contributed by atoms with Crippen molar-refractivity contribution in [3.05, 3.63) is 24.0 Å². The van der Waals surface area contributed by atoms with Crippen LogP contribution in [0.25, 0.3) is 0 Å². The van der Waals surface area contributed by atoms with Crippen LogP contribution in [0.3, 0.4) is 0 Å². The average molecular weight is 407 g/mol. The Bertz CT molecular complexity index is 796. The molecule has 9 heteroatoms. The smallest absolute Gasteiger partial charge is 0.414 e. The molecule has 0 bridgehead atoms. The monoisotopic (exact) mass is 407 g/mol. The summed E-state index contributed by atoms with van der Waals surface area (Å²) >= 11 is 0. The third-order valence-electron chi connectivity index (χ3n) is 5.56. The van der Waals surface area contributed by atoms with E-state index in [1.165, 1.54) is 17.9 Å². The quantitative estimate of drug-likeness (QED) is 0.823. The van der Waals surface area contributed by atoms with Gasteiger partial charge in [-0.1, -0.05) is 0 Å². The fraction of sp³-hybridized carbons (Fsp3) is 0.600. The van der Waals surface area contributed by atoms with Crippen LogP contribution in [0.1, 0.15) is 26.7 Å². The first-order valence-corrected chi connectivity index (χ1v) is 9.94. The molecule has 0 radical (unpaired) electrons. The summed E-state index contributed by atoms with van der Waals surface area (Å²) in [5, 5.41) is 2.62. The zero-order chi connectivity index (χ0) is 20.6. The van der Waals surface area contributed by atoms with Crippen LogP contribution in [0, 0.1) is 5.82 Å². The maximum Gasteiger partial charge on any atom is 0.414 e. The second-order valence-corrected chi connectivity index (χ2v) is 7.83. The Labute approximate surface area is 168 Å². The van der Waals surface area contributed by atoms with Crippen molar-refractivity contribution in [1.82, 2.24) is 5.32 Å². The molecule has 2 unspecified atom stereocenters. The molecule has 3 saturated heterocycles. The molecule has 29 heavy (non-hydrogen) atoms. The summed E-state index contributed by atoms with van der Waals surface area (Å²) in [7, 11) is 0. The Kier molecular flexibility index (Phi) is 5.35. The lowest BCUT2D eigenvalue weighted by molar-refractivity contribution is -0.178. The van der Waals surface area contributed by atoms with Crippen LogP contribution in [0.15, 0.2) is 18.2 Å². The summed E-state index contributed by atoms with van der Waals surface area (Å²) in [5.74, 6) is -1.12. The fourth-order valence-corrected chi connectivity index (χ4v) is 4.07. The van der Waals surface area contributed by atoms with Crippen LogP contribution < -0.4 is 15.1 Å². The third-order valence-corrected chi connectivity index (χ3v) is 5.56. The lowest BCUT2D eigenvalue weighted by atomic mass is 10.0. The minimum absolute atomic E-state index is 0.0901. The second kappa shape index (κ2) is 7.79. The van der Waals surface area contributed by atoms with Gasteiger partial charge in [-0.2, -0.15) is 0 Å². The van der Waals surface area contributed by atoms with Gasteiger partial charge in [0.05, 0.1) is 37.2 Å². The van der Waals surface area contributed by atoms with Gasteiger partial charge in [-0.25, -0.2) is 9.18 Å². The maximum absolute atomic E-state index is 14.9. The second-order valence-electron chi connectivity index (χ2n) is 7.83. The number of nitrogens with zero attached hydrogens (tertiary/aromatic N) is 2. The Morgan fingerprint density at radius 1 is 1.34 bits per heavy atom. The van der Waals surface area contributed by atoms with Gasteiger partial charge in [0, 0.05) is 32.9 Å². The number of anilines is 2. The number of carbonyl (C=O) groups excluding carboxylic acids is 2. The molecule has 3 heterocycles. The molecule has 3 fully saturated rings. The van der Waals surface area contributed by atoms with Crippen molar-refractivity contribution in [2.24, 2.45) is 0 Å². The van der Waals surface area contributed by atoms with Crippen LogP contribution in [-0.2, 0) is 19.0 Å². The number of benzene rings is 1. The van der Waals surface area contributed by atoms with Crippen LogP contribution in [0.2, 0.25) is 0 Å². The van der Waals surface area contributed by atoms with Gasteiger partial charge in [-0.05, 0) is 25.1 Å². The summed E-state index contributed by atoms with van der Waals surface area (Å²) < 4.78 is 31.8. The largest absolute Gasteiger partial charge is 0.442 e. The van der Waals surface area contributed by atoms with Gasteiger partial charge in [0.25, 0.3) is 0 Å². The molecule has 4 rings (SSSR count). The number of cyclic esters (lactones) is 1. The molecule has 0 aliphatic carbocycles. The SMILES string of the molecule is CC(=O)NCC1CN(c2ccc(N3CCC4(CC3)OCC(C)O4)c(F)c2)C(=O)O1. The van der Waals surface area contributed by atoms with Gasteiger partial charge < -0.3 is 24.4 Å². The van der Waals surface area contributed by atoms with E-state index in [-0.39, 0.29) is 25.1 Å². The van der Waals surface area contributed by atoms with Gasteiger partial charge in [0.2, 0.25) is 5.91 Å². The lowest BCUT2D eigenvalue weighted by Gasteiger charge is -2.39. The van der Waals surface area contributed by atoms with Crippen molar-refractivity contribution >= 4 is 23.4 Å². The van der Waals surface area contributed by atoms with E-state index in [9.17, 15) is 14.0 Å². The molecule has 8 nitrogen and oxygen atoms in total. The zero-order valence-corrected chi connectivity index (χ0v) is 16.7. The molecule has 3 aliphatic heterocycles. The number of hydrogen-bond acceptors (Lipinski definition) is 6. The average Bonchev–Trinajstić information content (AvgIpc) is 3.23. The highest BCUT2D eigenvalue weighted by atomic mass is 19.1. The topological polar surface area (TPSA) is 80.3 Å². The Morgan fingerprint density at radius 2 is 2.10 bits per heavy atom. The summed E-state index contributed by atoms with van der Waals surface area (Å²) in [6, 6.07) is 4.76. The number of rotatable bonds is 4. The summed E-state index contributed by atoms with van der Waals surface area (Å²) in [4.78, 5) is 26.5. The number of nitrogens with one attached hydrogen (secondary N) is 1. The first kappa shape index (κ1) is 19.9. The number of carbonyl (C=O) groups is 2. The van der Waals surface area contributed by atoms with E-state index in [0.717, 1.165) is 0 Å². The highest BCUT2D eigenvalue weighted by molar-refractivity contribution is 5.90. The maximum atomic E-state index is 14.9. The summed E-state index contributed by atoms with van der Waals surface area (Å²) in [6.07, 6.45) is 0.453. The van der Waals surface area contributed by atoms with E-state index in [0.29, 0.717) is 43.9 Å². The van der Waals surface area contributed by atoms with Crippen molar-refractivity contribution in [3.8, 4) is 0 Å². The van der Waals surface area contributed by atoms with E-state index < -0.39 is 23.8 Å². The summed E-state index contributed by atoms with van der Waals surface area (Å²) in [5.41, 5.74) is 0.934. The predicted octanol–water partition coefficient (Wildman–Crippen LogP) is 2.02. The highest BCUT2D eigenvalue weighted by Gasteiger charge is 2.43. The van der Waals surface area contributed by atoms with Crippen LogP contribution in [0.4, 0.5) is 20.6 Å². The Morgan fingerprint density at radius 3 is 2.72 bits per heavy atom. The normalized spacial score (nSPS) is 26.1. The number of piperidine rings is 1. The van der Waals surface area contributed by atoms with Crippen LogP contribution in [-0.4, -0.2) is 62.8 Å². The molecule has 158 valence electrons. The van der Waals surface area contributed by atoms with E-state index in [1.54, 1.807) is 12.1 Å². The predicted molar refractivity (Wildman–Crippen MR) is 103 cm³/mol. The minimum atomic E-state index is -0.544. The van der Waals surface area contributed by atoms with Crippen LogP contribution in [0.5, 0.6) is 0 Å². The van der Waals surface area contributed by atoms with Crippen LogP contribution >= 0.6 is 0 Å². The standard InChI is InChI=1S/C20H26FN3O5/c1-13-12-27-20(29-13)5-7-23(8-6-20)18-4-3-15(9-17(18)21)24-11-16(28-19(24)26)10-22-14(2)25/h3-4,9,13,16H,5-8,10-12H2,1-2H3,(H,22,25). The van der Waals surface area contributed by atoms with Gasteiger partial charge in [-0.3, -0.25) is 9.69 Å². The molecule has 1 aromatic rings. The fourth-order valence-electron chi connectivity index (χ4n) is 4.07. The number of hydrogen-bond donors (Lipinski definition) is 1. The first-order chi connectivity index (χ1) is 13.8. The van der Waals surface area contributed by atoms with Gasteiger partial charge in [0.15, 0.2) is 5.79 Å². The van der Waals surface area contributed by atoms with E-state index in [1.807, 2.05) is 11.8 Å². The van der Waals surface area contributed by atoms with Crippen molar-refractivity contribution < 1.29 is 28.2 Å². The van der Waals surface area contributed by atoms with Crippen molar-refractivity contribution in [2.45, 2.75) is 44.7 Å². The molecule has 0 saturated carbocycles. The van der Waals surface area contributed by atoms with Crippen molar-refractivity contribution in [2.75, 3.05) is 42.6 Å². The van der Waals surface area contributed by atoms with E-state index in [2.05, 4.69) is 5.32 Å².